The van der Waals surface area contributed by atoms with Gasteiger partial charge in [0.2, 0.25) is 5.91 Å². The fraction of sp³-hybridized carbons (Fsp3) is 0.323. The van der Waals surface area contributed by atoms with Gasteiger partial charge in [0.25, 0.3) is 0 Å². The van der Waals surface area contributed by atoms with Crippen molar-refractivity contribution < 1.29 is 14.3 Å². The van der Waals surface area contributed by atoms with Crippen LogP contribution in [0.15, 0.2) is 54.6 Å². The summed E-state index contributed by atoms with van der Waals surface area (Å²) in [4.78, 5) is 36.2. The number of carbonyl (C=O) groups is 2. The molecule has 1 saturated heterocycles. The molecule has 1 aromatic carbocycles. The van der Waals surface area contributed by atoms with E-state index in [1.807, 2.05) is 67.9 Å². The van der Waals surface area contributed by atoms with Crippen LogP contribution < -0.4 is 5.32 Å². The lowest BCUT2D eigenvalue weighted by atomic mass is 9.86. The second-order valence-electron chi connectivity index (χ2n) is 10.4. The first-order chi connectivity index (χ1) is 19.8. The van der Waals surface area contributed by atoms with Gasteiger partial charge in [0, 0.05) is 42.5 Å². The second kappa shape index (κ2) is 12.0. The summed E-state index contributed by atoms with van der Waals surface area (Å²) in [5.41, 5.74) is 7.25. The highest BCUT2D eigenvalue weighted by Gasteiger charge is 2.31. The maximum absolute atomic E-state index is 12.8. The molecule has 3 heterocycles. The minimum Gasteiger partial charge on any atom is -0.447 e. The molecule has 1 aliphatic heterocycles. The fourth-order valence-electron chi connectivity index (χ4n) is 5.41. The minimum atomic E-state index is -0.606. The molecule has 1 aliphatic carbocycles. The van der Waals surface area contributed by atoms with Crippen molar-refractivity contribution in [1.82, 2.24) is 24.8 Å². The van der Waals surface area contributed by atoms with Crippen LogP contribution in [0.2, 0.25) is 5.02 Å². The maximum atomic E-state index is 12.8. The van der Waals surface area contributed by atoms with Crippen molar-refractivity contribution in [3.63, 3.8) is 0 Å². The molecule has 1 fully saturated rings. The molecule has 41 heavy (non-hydrogen) atoms. The third kappa shape index (κ3) is 5.88. The van der Waals surface area contributed by atoms with E-state index in [4.69, 9.17) is 21.3 Å². The van der Waals surface area contributed by atoms with Crippen molar-refractivity contribution in [2.45, 2.75) is 45.3 Å². The monoisotopic (exact) mass is 570 g/mol. The first-order valence-corrected chi connectivity index (χ1v) is 13.9. The van der Waals surface area contributed by atoms with Crippen LogP contribution in [0, 0.1) is 11.3 Å². The van der Waals surface area contributed by atoms with E-state index in [1.165, 1.54) is 5.57 Å². The molecule has 1 atom stereocenters. The van der Waals surface area contributed by atoms with Crippen LogP contribution in [0.3, 0.4) is 0 Å². The number of ether oxygens (including phenoxy) is 1. The molecule has 0 bridgehead atoms. The van der Waals surface area contributed by atoms with Crippen LogP contribution in [0.5, 0.6) is 0 Å². The van der Waals surface area contributed by atoms with Crippen molar-refractivity contribution in [2.24, 2.45) is 7.05 Å². The zero-order valence-electron chi connectivity index (χ0n) is 23.2. The van der Waals surface area contributed by atoms with Gasteiger partial charge < -0.3 is 19.5 Å². The van der Waals surface area contributed by atoms with Gasteiger partial charge in [-0.25, -0.2) is 9.78 Å². The molecule has 210 valence electrons. The molecule has 5 rings (SSSR count). The van der Waals surface area contributed by atoms with Crippen LogP contribution in [0.4, 0.5) is 4.79 Å². The summed E-state index contributed by atoms with van der Waals surface area (Å²) >= 11 is 6.59. The van der Waals surface area contributed by atoms with E-state index in [1.54, 1.807) is 23.6 Å². The van der Waals surface area contributed by atoms with Gasteiger partial charge in [-0.1, -0.05) is 29.3 Å². The Kier molecular flexibility index (Phi) is 8.22. The molecule has 2 aliphatic rings. The van der Waals surface area contributed by atoms with Gasteiger partial charge in [-0.3, -0.25) is 9.78 Å². The second-order valence-corrected chi connectivity index (χ2v) is 10.8. The molecule has 10 heteroatoms. The number of aromatic nitrogens is 3. The van der Waals surface area contributed by atoms with Crippen molar-refractivity contribution in [3.8, 4) is 6.07 Å². The Morgan fingerprint density at radius 1 is 1.20 bits per heavy atom. The van der Waals surface area contributed by atoms with E-state index in [0.717, 1.165) is 39.2 Å². The highest BCUT2D eigenvalue weighted by atomic mass is 35.5. The predicted octanol–water partition coefficient (Wildman–Crippen LogP) is 5.54. The summed E-state index contributed by atoms with van der Waals surface area (Å²) < 4.78 is 7.27. The van der Waals surface area contributed by atoms with Crippen molar-refractivity contribution in [2.75, 3.05) is 13.1 Å². The third-order valence-corrected chi connectivity index (χ3v) is 7.50. The van der Waals surface area contributed by atoms with Gasteiger partial charge in [-0.2, -0.15) is 5.26 Å². The first-order valence-electron chi connectivity index (χ1n) is 13.5. The van der Waals surface area contributed by atoms with E-state index in [0.29, 0.717) is 31.0 Å². The van der Waals surface area contributed by atoms with Crippen LogP contribution in [-0.4, -0.2) is 50.6 Å². The summed E-state index contributed by atoms with van der Waals surface area (Å²) in [5, 5.41) is 12.8. The number of nitriles is 1. The summed E-state index contributed by atoms with van der Waals surface area (Å²) in [7, 11) is 1.86. The molecule has 0 radical (unpaired) electrons. The number of pyridine rings is 1. The third-order valence-electron chi connectivity index (χ3n) is 7.27. The molecule has 0 saturated carbocycles. The van der Waals surface area contributed by atoms with Crippen LogP contribution in [0.1, 0.15) is 67.2 Å². The van der Waals surface area contributed by atoms with Gasteiger partial charge in [0.05, 0.1) is 42.1 Å². The number of likely N-dealkylation sites (tertiary alicyclic amines) is 1. The standard InChI is InChI=1S/C31H31ClN6O3/c1-19(2)41-31(40)38-13-9-20(10-14-38)28-23-7-6-22(32)16-24(23)25(15-21-5-4-12-35-29(21)28)30(36-27(39)8-11-33)26-17-34-18-37(26)3/h4-7,12,15-19,30H,8-10,13-14H2,1-3H3,(H,36,39). The Labute approximate surface area is 244 Å². The average Bonchev–Trinajstić information content (AvgIpc) is 3.31. The Bertz CT molecular complexity index is 1590. The lowest BCUT2D eigenvalue weighted by Gasteiger charge is -2.30. The topological polar surface area (TPSA) is 113 Å². The average molecular weight is 571 g/mol. The zero-order valence-corrected chi connectivity index (χ0v) is 24.0. The smallest absolute Gasteiger partial charge is 0.410 e. The molecule has 1 unspecified atom stereocenters. The van der Waals surface area contributed by atoms with Crippen molar-refractivity contribution >= 4 is 40.8 Å². The first kappa shape index (κ1) is 28.1. The number of amides is 2. The number of halogens is 1. The largest absolute Gasteiger partial charge is 0.447 e. The van der Waals surface area contributed by atoms with Crippen LogP contribution in [-0.2, 0) is 16.6 Å². The molecular formula is C31H31ClN6O3. The molecule has 0 spiro atoms. The minimum absolute atomic E-state index is 0.178. The number of hydrogen-bond acceptors (Lipinski definition) is 6. The van der Waals surface area contributed by atoms with E-state index in [9.17, 15) is 14.9 Å². The summed E-state index contributed by atoms with van der Waals surface area (Å²) in [6.07, 6.45) is 7.78. The van der Waals surface area contributed by atoms with E-state index >= 15 is 0 Å². The number of piperidine rings is 1. The molecule has 9 nitrogen and oxygen atoms in total. The summed E-state index contributed by atoms with van der Waals surface area (Å²) in [6, 6.07) is 11.0. The number of hydrogen-bond donors (Lipinski definition) is 1. The van der Waals surface area contributed by atoms with E-state index < -0.39 is 11.9 Å². The number of fused-ring (bicyclic) bond motifs is 2. The fourth-order valence-corrected chi connectivity index (χ4v) is 5.58. The van der Waals surface area contributed by atoms with Gasteiger partial charge in [0.15, 0.2) is 0 Å². The SMILES string of the molecule is CC(C)OC(=O)N1CCC(=C2c3ccc(Cl)cc3C(C(NC(=O)CC#N)c3cncn3C)=Cc3cccnc32)CC1. The van der Waals surface area contributed by atoms with E-state index in [2.05, 4.69) is 10.3 Å². The highest BCUT2D eigenvalue weighted by molar-refractivity contribution is 6.31. The van der Waals surface area contributed by atoms with Crippen LogP contribution >= 0.6 is 11.6 Å². The van der Waals surface area contributed by atoms with Gasteiger partial charge >= 0.3 is 6.09 Å². The Balaban J connectivity index is 1.66. The Morgan fingerprint density at radius 3 is 2.66 bits per heavy atom. The summed E-state index contributed by atoms with van der Waals surface area (Å²) in [5.74, 6) is -0.391. The Morgan fingerprint density at radius 2 is 1.98 bits per heavy atom. The molecule has 2 amide bonds. The molecule has 3 aromatic rings. The Hall–Kier alpha value is -4.42. The maximum Gasteiger partial charge on any atom is 0.410 e. The zero-order chi connectivity index (χ0) is 29.1. The molecule has 1 N–H and O–H groups in total. The quantitative estimate of drug-likeness (QED) is 0.431. The number of nitrogens with one attached hydrogen (secondary N) is 1. The lowest BCUT2D eigenvalue weighted by molar-refractivity contribution is -0.120. The van der Waals surface area contributed by atoms with Crippen LogP contribution in [0.25, 0.3) is 17.2 Å². The molecule has 2 aromatic heterocycles. The number of carbonyl (C=O) groups excluding carboxylic acids is 2. The predicted molar refractivity (Wildman–Crippen MR) is 156 cm³/mol. The van der Waals surface area contributed by atoms with E-state index in [-0.39, 0.29) is 18.6 Å². The number of rotatable bonds is 5. The number of aryl methyl sites for hydroxylation is 1. The normalized spacial score (nSPS) is 15.3. The number of imidazole rings is 1. The highest BCUT2D eigenvalue weighted by Crippen LogP contribution is 2.44. The molecular weight excluding hydrogens is 540 g/mol. The van der Waals surface area contributed by atoms with Crippen molar-refractivity contribution in [1.29, 1.82) is 5.26 Å². The van der Waals surface area contributed by atoms with Gasteiger partial charge in [0.1, 0.15) is 6.42 Å². The van der Waals surface area contributed by atoms with Gasteiger partial charge in [-0.15, -0.1) is 0 Å². The number of benzene rings is 1. The van der Waals surface area contributed by atoms with Crippen molar-refractivity contribution in [3.05, 3.63) is 87.7 Å². The summed E-state index contributed by atoms with van der Waals surface area (Å²) in [6.45, 7) is 4.77. The van der Waals surface area contributed by atoms with Gasteiger partial charge in [-0.05, 0) is 67.7 Å². The lowest BCUT2D eigenvalue weighted by Crippen LogP contribution is -2.38. The number of nitrogens with zero attached hydrogens (tertiary/aromatic N) is 5.